The summed E-state index contributed by atoms with van der Waals surface area (Å²) >= 11 is 6.04. The summed E-state index contributed by atoms with van der Waals surface area (Å²) in [6.45, 7) is 1.92. The predicted octanol–water partition coefficient (Wildman–Crippen LogP) is 3.97. The van der Waals surface area contributed by atoms with Crippen molar-refractivity contribution >= 4 is 28.9 Å². The second-order valence-electron chi connectivity index (χ2n) is 4.86. The van der Waals surface area contributed by atoms with E-state index in [1.165, 1.54) is 0 Å². The van der Waals surface area contributed by atoms with E-state index in [2.05, 4.69) is 5.32 Å². The second-order valence-corrected chi connectivity index (χ2v) is 5.27. The number of nitrogens with zero attached hydrogens (tertiary/aromatic N) is 1. The van der Waals surface area contributed by atoms with Gasteiger partial charge in [0.25, 0.3) is 5.91 Å². The number of hydrogen-bond acceptors (Lipinski definition) is 2. The Balaban J connectivity index is 2.13. The Hall–Kier alpha value is -2.00. The van der Waals surface area contributed by atoms with E-state index < -0.39 is 0 Å². The average molecular weight is 289 g/mol. The monoisotopic (exact) mass is 288 g/mol. The quantitative estimate of drug-likeness (QED) is 0.927. The third-order valence-corrected chi connectivity index (χ3v) is 3.48. The summed E-state index contributed by atoms with van der Waals surface area (Å²) in [5, 5.41) is 3.48. The van der Waals surface area contributed by atoms with Crippen molar-refractivity contribution in [1.29, 1.82) is 0 Å². The van der Waals surface area contributed by atoms with Crippen LogP contribution in [0.5, 0.6) is 0 Å². The van der Waals surface area contributed by atoms with E-state index in [4.69, 9.17) is 11.6 Å². The first kappa shape index (κ1) is 14.4. The van der Waals surface area contributed by atoms with Crippen molar-refractivity contribution in [2.24, 2.45) is 0 Å². The van der Waals surface area contributed by atoms with Crippen molar-refractivity contribution < 1.29 is 4.79 Å². The Labute approximate surface area is 124 Å². The van der Waals surface area contributed by atoms with Crippen molar-refractivity contribution in [3.05, 3.63) is 58.6 Å². The molecule has 2 rings (SSSR count). The van der Waals surface area contributed by atoms with Gasteiger partial charge >= 0.3 is 0 Å². The lowest BCUT2D eigenvalue weighted by Gasteiger charge is -2.12. The van der Waals surface area contributed by atoms with Crippen LogP contribution >= 0.6 is 11.6 Å². The maximum atomic E-state index is 12.1. The SMILES string of the molecule is Cc1ccc(NC(=O)c2ccc(N(C)C)cc2)cc1Cl. The maximum Gasteiger partial charge on any atom is 0.255 e. The van der Waals surface area contributed by atoms with Gasteiger partial charge in [0.05, 0.1) is 0 Å². The van der Waals surface area contributed by atoms with E-state index in [9.17, 15) is 4.79 Å². The van der Waals surface area contributed by atoms with Crippen LogP contribution in [-0.2, 0) is 0 Å². The molecule has 1 amide bonds. The number of aryl methyl sites for hydroxylation is 1. The Morgan fingerprint density at radius 2 is 1.75 bits per heavy atom. The number of amides is 1. The highest BCUT2D eigenvalue weighted by Gasteiger charge is 2.07. The molecule has 0 saturated carbocycles. The van der Waals surface area contributed by atoms with Gasteiger partial charge in [0, 0.05) is 36.1 Å². The molecule has 4 heteroatoms. The largest absolute Gasteiger partial charge is 0.378 e. The minimum absolute atomic E-state index is 0.143. The molecule has 0 aliphatic carbocycles. The van der Waals surface area contributed by atoms with E-state index in [1.807, 2.05) is 50.2 Å². The van der Waals surface area contributed by atoms with E-state index >= 15 is 0 Å². The molecule has 0 atom stereocenters. The van der Waals surface area contributed by atoms with Gasteiger partial charge in [0.1, 0.15) is 0 Å². The summed E-state index contributed by atoms with van der Waals surface area (Å²) in [7, 11) is 3.92. The molecule has 20 heavy (non-hydrogen) atoms. The Bertz CT molecular complexity index is 621. The fraction of sp³-hybridized carbons (Fsp3) is 0.188. The van der Waals surface area contributed by atoms with Crippen LogP contribution in [0.15, 0.2) is 42.5 Å². The first-order valence-electron chi connectivity index (χ1n) is 6.32. The predicted molar refractivity (Wildman–Crippen MR) is 84.9 cm³/mol. The van der Waals surface area contributed by atoms with Gasteiger partial charge in [-0.1, -0.05) is 17.7 Å². The molecule has 3 nitrogen and oxygen atoms in total. The molecule has 0 fully saturated rings. The minimum Gasteiger partial charge on any atom is -0.378 e. The topological polar surface area (TPSA) is 32.3 Å². The van der Waals surface area contributed by atoms with Crippen LogP contribution in [0.2, 0.25) is 5.02 Å². The molecule has 0 aliphatic rings. The molecule has 2 aromatic rings. The van der Waals surface area contributed by atoms with Crippen molar-refractivity contribution in [2.45, 2.75) is 6.92 Å². The van der Waals surface area contributed by atoms with Gasteiger partial charge in [-0.25, -0.2) is 0 Å². The zero-order valence-corrected chi connectivity index (χ0v) is 12.5. The van der Waals surface area contributed by atoms with Gasteiger partial charge in [-0.3, -0.25) is 4.79 Å². The standard InChI is InChI=1S/C16H17ClN2O/c1-11-4-7-13(10-15(11)17)18-16(20)12-5-8-14(9-6-12)19(2)3/h4-10H,1-3H3,(H,18,20). The van der Waals surface area contributed by atoms with Crippen LogP contribution in [0.4, 0.5) is 11.4 Å². The number of carbonyl (C=O) groups is 1. The lowest BCUT2D eigenvalue weighted by Crippen LogP contribution is -2.13. The molecule has 0 aromatic heterocycles. The van der Waals surface area contributed by atoms with Crippen LogP contribution in [0, 0.1) is 6.92 Å². The van der Waals surface area contributed by atoms with Crippen LogP contribution in [0.25, 0.3) is 0 Å². The van der Waals surface area contributed by atoms with E-state index in [1.54, 1.807) is 18.2 Å². The fourth-order valence-electron chi connectivity index (χ4n) is 1.78. The molecular weight excluding hydrogens is 272 g/mol. The van der Waals surface area contributed by atoms with Crippen molar-refractivity contribution in [3.8, 4) is 0 Å². The van der Waals surface area contributed by atoms with Crippen LogP contribution in [-0.4, -0.2) is 20.0 Å². The minimum atomic E-state index is -0.143. The lowest BCUT2D eigenvalue weighted by molar-refractivity contribution is 0.102. The lowest BCUT2D eigenvalue weighted by atomic mass is 10.1. The Kier molecular flexibility index (Phi) is 4.30. The number of rotatable bonds is 3. The zero-order valence-electron chi connectivity index (χ0n) is 11.8. The van der Waals surface area contributed by atoms with Crippen molar-refractivity contribution in [2.75, 3.05) is 24.3 Å². The Morgan fingerprint density at radius 1 is 1.10 bits per heavy atom. The zero-order chi connectivity index (χ0) is 14.7. The normalized spacial score (nSPS) is 10.2. The molecule has 0 aliphatic heterocycles. The van der Waals surface area contributed by atoms with Crippen molar-refractivity contribution in [3.63, 3.8) is 0 Å². The highest BCUT2D eigenvalue weighted by molar-refractivity contribution is 6.31. The summed E-state index contributed by atoms with van der Waals surface area (Å²) in [5.41, 5.74) is 3.36. The summed E-state index contributed by atoms with van der Waals surface area (Å²) in [6, 6.07) is 12.9. The summed E-state index contributed by atoms with van der Waals surface area (Å²) in [5.74, 6) is -0.143. The second kappa shape index (κ2) is 5.97. The van der Waals surface area contributed by atoms with Crippen LogP contribution in [0.3, 0.4) is 0 Å². The van der Waals surface area contributed by atoms with E-state index in [0.29, 0.717) is 16.3 Å². The smallest absolute Gasteiger partial charge is 0.255 e. The molecule has 0 saturated heterocycles. The highest BCUT2D eigenvalue weighted by atomic mass is 35.5. The number of hydrogen-bond donors (Lipinski definition) is 1. The Morgan fingerprint density at radius 3 is 2.30 bits per heavy atom. The first-order valence-corrected chi connectivity index (χ1v) is 6.70. The van der Waals surface area contributed by atoms with Gasteiger partial charge in [-0.2, -0.15) is 0 Å². The number of anilines is 2. The van der Waals surface area contributed by atoms with E-state index in [-0.39, 0.29) is 5.91 Å². The molecule has 2 aromatic carbocycles. The summed E-state index contributed by atoms with van der Waals surface area (Å²) < 4.78 is 0. The fourth-order valence-corrected chi connectivity index (χ4v) is 1.97. The maximum absolute atomic E-state index is 12.1. The molecule has 0 unspecified atom stereocenters. The number of benzene rings is 2. The van der Waals surface area contributed by atoms with Gasteiger partial charge in [-0.05, 0) is 48.9 Å². The van der Waals surface area contributed by atoms with Gasteiger partial charge in [-0.15, -0.1) is 0 Å². The van der Waals surface area contributed by atoms with Crippen molar-refractivity contribution in [1.82, 2.24) is 0 Å². The summed E-state index contributed by atoms with van der Waals surface area (Å²) in [4.78, 5) is 14.1. The molecule has 0 heterocycles. The van der Waals surface area contributed by atoms with Gasteiger partial charge in [0.2, 0.25) is 0 Å². The van der Waals surface area contributed by atoms with Gasteiger partial charge < -0.3 is 10.2 Å². The molecule has 0 radical (unpaired) electrons. The molecule has 0 bridgehead atoms. The third-order valence-electron chi connectivity index (χ3n) is 3.08. The highest BCUT2D eigenvalue weighted by Crippen LogP contribution is 2.21. The molecule has 1 N–H and O–H groups in total. The number of halogens is 1. The van der Waals surface area contributed by atoms with Crippen LogP contribution in [0.1, 0.15) is 15.9 Å². The summed E-state index contributed by atoms with van der Waals surface area (Å²) in [6.07, 6.45) is 0. The number of nitrogens with one attached hydrogen (secondary N) is 1. The molecule has 0 spiro atoms. The first-order chi connectivity index (χ1) is 9.47. The van der Waals surface area contributed by atoms with Crippen LogP contribution < -0.4 is 10.2 Å². The van der Waals surface area contributed by atoms with Gasteiger partial charge in [0.15, 0.2) is 0 Å². The number of carbonyl (C=O) groups excluding carboxylic acids is 1. The molecular formula is C16H17ClN2O. The average Bonchev–Trinajstić information content (AvgIpc) is 2.43. The molecule has 104 valence electrons. The third kappa shape index (κ3) is 3.31. The van der Waals surface area contributed by atoms with E-state index in [0.717, 1.165) is 11.3 Å².